The third kappa shape index (κ3) is 3.42. The number of rotatable bonds is 4. The van der Waals surface area contributed by atoms with E-state index in [4.69, 9.17) is 5.26 Å². The Labute approximate surface area is 152 Å². The second kappa shape index (κ2) is 7.36. The molecule has 6 heteroatoms. The van der Waals surface area contributed by atoms with Crippen molar-refractivity contribution >= 4 is 5.82 Å². The number of anilines is 1. The van der Waals surface area contributed by atoms with Gasteiger partial charge in [-0.1, -0.05) is 6.07 Å². The molecule has 0 spiro atoms. The van der Waals surface area contributed by atoms with E-state index in [2.05, 4.69) is 30.5 Å². The lowest BCUT2D eigenvalue weighted by Crippen LogP contribution is -2.36. The van der Waals surface area contributed by atoms with Crippen molar-refractivity contribution in [3.8, 4) is 6.07 Å². The molecular formula is C20H20N6. The molecule has 1 fully saturated rings. The van der Waals surface area contributed by atoms with E-state index in [1.807, 2.05) is 42.9 Å². The highest BCUT2D eigenvalue weighted by Gasteiger charge is 2.25. The van der Waals surface area contributed by atoms with Crippen LogP contribution in [-0.2, 0) is 6.54 Å². The van der Waals surface area contributed by atoms with Crippen LogP contribution in [0.25, 0.3) is 0 Å². The Bertz CT molecular complexity index is 911. The van der Waals surface area contributed by atoms with E-state index in [1.165, 1.54) is 0 Å². The minimum atomic E-state index is 0.343. The molecule has 0 saturated carbocycles. The van der Waals surface area contributed by atoms with E-state index in [0.29, 0.717) is 11.5 Å². The summed E-state index contributed by atoms with van der Waals surface area (Å²) in [7, 11) is 0. The zero-order chi connectivity index (χ0) is 17.8. The van der Waals surface area contributed by atoms with Gasteiger partial charge in [-0.05, 0) is 37.1 Å². The molecule has 6 nitrogen and oxygen atoms in total. The fourth-order valence-corrected chi connectivity index (χ4v) is 3.54. The van der Waals surface area contributed by atoms with Crippen LogP contribution < -0.4 is 4.90 Å². The molecule has 1 aliphatic rings. The fraction of sp³-hybridized carbons (Fsp3) is 0.300. The molecular weight excluding hydrogens is 324 g/mol. The Morgan fingerprint density at radius 3 is 2.92 bits per heavy atom. The summed E-state index contributed by atoms with van der Waals surface area (Å²) in [6, 6.07) is 11.8. The van der Waals surface area contributed by atoms with Crippen LogP contribution in [0.5, 0.6) is 0 Å². The summed E-state index contributed by atoms with van der Waals surface area (Å²) in [6.45, 7) is 2.55. The molecule has 4 rings (SSSR count). The first kappa shape index (κ1) is 16.3. The highest BCUT2D eigenvalue weighted by Crippen LogP contribution is 2.28. The van der Waals surface area contributed by atoms with Gasteiger partial charge in [-0.2, -0.15) is 5.26 Å². The molecule has 26 heavy (non-hydrogen) atoms. The van der Waals surface area contributed by atoms with Crippen LogP contribution in [0.1, 0.15) is 35.8 Å². The Balaban J connectivity index is 1.53. The van der Waals surface area contributed by atoms with Crippen molar-refractivity contribution in [2.45, 2.75) is 25.3 Å². The number of aromatic nitrogens is 4. The zero-order valence-corrected chi connectivity index (χ0v) is 14.5. The lowest BCUT2D eigenvalue weighted by molar-refractivity contribution is 0.473. The Kier molecular flexibility index (Phi) is 4.61. The maximum atomic E-state index is 9.12. The van der Waals surface area contributed by atoms with E-state index in [0.717, 1.165) is 49.8 Å². The summed E-state index contributed by atoms with van der Waals surface area (Å²) in [6.07, 6.45) is 9.61. The molecule has 1 saturated heterocycles. The number of pyridine rings is 2. The van der Waals surface area contributed by atoms with Crippen LogP contribution in [0.4, 0.5) is 5.82 Å². The van der Waals surface area contributed by atoms with Gasteiger partial charge in [-0.25, -0.2) is 9.97 Å². The first-order valence-electron chi connectivity index (χ1n) is 8.85. The van der Waals surface area contributed by atoms with Crippen LogP contribution in [0.3, 0.4) is 0 Å². The van der Waals surface area contributed by atoms with E-state index >= 15 is 0 Å². The van der Waals surface area contributed by atoms with Gasteiger partial charge < -0.3 is 9.47 Å². The third-order valence-electron chi connectivity index (χ3n) is 4.79. The van der Waals surface area contributed by atoms with Crippen molar-refractivity contribution in [3.05, 3.63) is 72.2 Å². The minimum Gasteiger partial charge on any atom is -0.356 e. The number of piperidine rings is 1. The lowest BCUT2D eigenvalue weighted by Gasteiger charge is -2.33. The topological polar surface area (TPSA) is 70.6 Å². The van der Waals surface area contributed by atoms with E-state index in [9.17, 15) is 0 Å². The molecule has 0 aromatic carbocycles. The molecule has 130 valence electrons. The molecule has 0 N–H and O–H groups in total. The molecule has 3 aromatic rings. The standard InChI is InChI=1S/C20H20N6/c21-13-16-6-8-23-19(12-16)25-10-3-4-17(14-25)20-24-9-11-26(20)15-18-5-1-2-7-22-18/h1-2,5-9,11-12,17H,3-4,10,14-15H2. The van der Waals surface area contributed by atoms with Crippen molar-refractivity contribution in [2.75, 3.05) is 18.0 Å². The maximum Gasteiger partial charge on any atom is 0.129 e. The molecule has 3 aromatic heterocycles. The highest BCUT2D eigenvalue weighted by atomic mass is 15.2. The fourth-order valence-electron chi connectivity index (χ4n) is 3.54. The van der Waals surface area contributed by atoms with Gasteiger partial charge in [0, 0.05) is 43.8 Å². The van der Waals surface area contributed by atoms with Gasteiger partial charge in [0.05, 0.1) is 23.9 Å². The van der Waals surface area contributed by atoms with Gasteiger partial charge in [0.15, 0.2) is 0 Å². The van der Waals surface area contributed by atoms with E-state index in [1.54, 1.807) is 12.3 Å². The van der Waals surface area contributed by atoms with Gasteiger partial charge >= 0.3 is 0 Å². The first-order chi connectivity index (χ1) is 12.8. The summed E-state index contributed by atoms with van der Waals surface area (Å²) >= 11 is 0. The minimum absolute atomic E-state index is 0.343. The zero-order valence-electron chi connectivity index (χ0n) is 14.5. The quantitative estimate of drug-likeness (QED) is 0.728. The van der Waals surface area contributed by atoms with Crippen LogP contribution in [-0.4, -0.2) is 32.6 Å². The molecule has 0 radical (unpaired) electrons. The van der Waals surface area contributed by atoms with Crippen LogP contribution in [0.2, 0.25) is 0 Å². The largest absolute Gasteiger partial charge is 0.356 e. The number of hydrogen-bond acceptors (Lipinski definition) is 5. The summed E-state index contributed by atoms with van der Waals surface area (Å²) < 4.78 is 2.19. The van der Waals surface area contributed by atoms with Crippen molar-refractivity contribution in [2.24, 2.45) is 0 Å². The first-order valence-corrected chi connectivity index (χ1v) is 8.85. The summed E-state index contributed by atoms with van der Waals surface area (Å²) in [4.78, 5) is 15.8. The molecule has 4 heterocycles. The molecule has 1 unspecified atom stereocenters. The van der Waals surface area contributed by atoms with Gasteiger partial charge in [0.1, 0.15) is 11.6 Å². The van der Waals surface area contributed by atoms with Crippen molar-refractivity contribution in [3.63, 3.8) is 0 Å². The Morgan fingerprint density at radius 2 is 2.08 bits per heavy atom. The molecule has 1 aliphatic heterocycles. The van der Waals surface area contributed by atoms with Crippen molar-refractivity contribution < 1.29 is 0 Å². The number of imidazole rings is 1. The monoisotopic (exact) mass is 344 g/mol. The lowest BCUT2D eigenvalue weighted by atomic mass is 9.97. The van der Waals surface area contributed by atoms with Crippen molar-refractivity contribution in [1.82, 2.24) is 19.5 Å². The molecule has 1 atom stereocenters. The molecule has 0 aliphatic carbocycles. The van der Waals surface area contributed by atoms with Gasteiger partial charge in [0.2, 0.25) is 0 Å². The van der Waals surface area contributed by atoms with Gasteiger partial charge in [-0.15, -0.1) is 0 Å². The summed E-state index contributed by atoms with van der Waals surface area (Å²) in [5, 5.41) is 9.12. The van der Waals surface area contributed by atoms with Crippen molar-refractivity contribution in [1.29, 1.82) is 5.26 Å². The summed E-state index contributed by atoms with van der Waals surface area (Å²) in [5.41, 5.74) is 1.68. The van der Waals surface area contributed by atoms with Gasteiger partial charge in [0.25, 0.3) is 0 Å². The van der Waals surface area contributed by atoms with E-state index < -0.39 is 0 Å². The Morgan fingerprint density at radius 1 is 1.12 bits per heavy atom. The molecule has 0 amide bonds. The normalized spacial score (nSPS) is 17.0. The average Bonchev–Trinajstić information content (AvgIpc) is 3.17. The summed E-state index contributed by atoms with van der Waals surface area (Å²) in [5.74, 6) is 2.31. The number of hydrogen-bond donors (Lipinski definition) is 0. The van der Waals surface area contributed by atoms with Crippen LogP contribution in [0, 0.1) is 11.3 Å². The SMILES string of the molecule is N#Cc1ccnc(N2CCCC(c3nccn3Cc3ccccn3)C2)c1. The number of nitrogens with zero attached hydrogens (tertiary/aromatic N) is 6. The average molecular weight is 344 g/mol. The third-order valence-corrected chi connectivity index (χ3v) is 4.79. The molecule has 0 bridgehead atoms. The van der Waals surface area contributed by atoms with Gasteiger partial charge in [-0.3, -0.25) is 4.98 Å². The smallest absolute Gasteiger partial charge is 0.129 e. The van der Waals surface area contributed by atoms with Crippen LogP contribution in [0.15, 0.2) is 55.1 Å². The van der Waals surface area contributed by atoms with Crippen LogP contribution >= 0.6 is 0 Å². The predicted octanol–water partition coefficient (Wildman–Crippen LogP) is 2.98. The predicted molar refractivity (Wildman–Crippen MR) is 98.7 cm³/mol. The maximum absolute atomic E-state index is 9.12. The second-order valence-corrected chi connectivity index (χ2v) is 6.53. The van der Waals surface area contributed by atoms with E-state index in [-0.39, 0.29) is 0 Å². The number of nitriles is 1. The second-order valence-electron chi connectivity index (χ2n) is 6.53. The highest BCUT2D eigenvalue weighted by molar-refractivity contribution is 5.45. The Hall–Kier alpha value is -3.20.